The Kier molecular flexibility index (Phi) is 2.84. The Morgan fingerprint density at radius 1 is 1.54 bits per heavy atom. The van der Waals surface area contributed by atoms with Crippen LogP contribution in [-0.4, -0.2) is 23.3 Å². The van der Waals surface area contributed by atoms with Gasteiger partial charge >= 0.3 is 5.97 Å². The Labute approximate surface area is 75.9 Å². The Balaban J connectivity index is 2.71. The number of rotatable bonds is 3. The van der Waals surface area contributed by atoms with Gasteiger partial charge in [-0.1, -0.05) is 0 Å². The van der Waals surface area contributed by atoms with Gasteiger partial charge in [-0.25, -0.2) is 4.79 Å². The maximum atomic E-state index is 11.2. The summed E-state index contributed by atoms with van der Waals surface area (Å²) in [5.41, 5.74) is 0.673. The van der Waals surface area contributed by atoms with Crippen LogP contribution in [0.2, 0.25) is 0 Å². The van der Waals surface area contributed by atoms with Crippen molar-refractivity contribution in [2.75, 3.05) is 0 Å². The van der Waals surface area contributed by atoms with Gasteiger partial charge in [0.15, 0.2) is 6.29 Å². The predicted octanol–water partition coefficient (Wildman–Crippen LogP) is 1.39. The number of aldehydes is 1. The van der Waals surface area contributed by atoms with E-state index in [1.807, 2.05) is 0 Å². The van der Waals surface area contributed by atoms with Crippen LogP contribution in [0, 0.1) is 0 Å². The first-order chi connectivity index (χ1) is 6.13. The monoisotopic (exact) mass is 181 g/mol. The summed E-state index contributed by atoms with van der Waals surface area (Å²) in [5.74, 6) is -0.442. The fraction of sp³-hybridized carbons (Fsp3) is 0.333. The smallest absolute Gasteiger partial charge is 0.355 e. The van der Waals surface area contributed by atoms with Gasteiger partial charge in [0.2, 0.25) is 0 Å². The number of hydrogen-bond donors (Lipinski definition) is 1. The number of esters is 1. The molecule has 1 aromatic heterocycles. The van der Waals surface area contributed by atoms with E-state index in [4.69, 9.17) is 4.74 Å². The molecule has 0 atom stereocenters. The number of aromatic amines is 1. The van der Waals surface area contributed by atoms with Crippen LogP contribution >= 0.6 is 0 Å². The molecular formula is C9H11NO3. The molecule has 0 bridgehead atoms. The van der Waals surface area contributed by atoms with Gasteiger partial charge < -0.3 is 9.72 Å². The molecule has 0 aliphatic rings. The molecule has 4 nitrogen and oxygen atoms in total. The minimum absolute atomic E-state index is 0.157. The fourth-order valence-electron chi connectivity index (χ4n) is 0.877. The standard InChI is InChI=1S/C9H11NO3/c1-6(2)13-9(12)8-4-3-7(5-11)10-8/h3-6,10H,1-2H3. The quantitative estimate of drug-likeness (QED) is 0.566. The zero-order chi connectivity index (χ0) is 9.84. The van der Waals surface area contributed by atoms with Crippen molar-refractivity contribution in [1.82, 2.24) is 4.98 Å². The fourth-order valence-corrected chi connectivity index (χ4v) is 0.877. The van der Waals surface area contributed by atoms with E-state index in [1.165, 1.54) is 12.1 Å². The Bertz CT molecular complexity index is 314. The van der Waals surface area contributed by atoms with Gasteiger partial charge in [0.1, 0.15) is 5.69 Å². The average Bonchev–Trinajstić information content (AvgIpc) is 2.50. The van der Waals surface area contributed by atoms with Gasteiger partial charge in [-0.3, -0.25) is 4.79 Å². The molecule has 0 radical (unpaired) electrons. The molecule has 0 aliphatic heterocycles. The van der Waals surface area contributed by atoms with Gasteiger partial charge in [-0.15, -0.1) is 0 Å². The number of H-pyrrole nitrogens is 1. The Hall–Kier alpha value is -1.58. The predicted molar refractivity (Wildman–Crippen MR) is 46.7 cm³/mol. The molecule has 0 amide bonds. The highest BCUT2D eigenvalue weighted by Gasteiger charge is 2.10. The average molecular weight is 181 g/mol. The maximum Gasteiger partial charge on any atom is 0.355 e. The topological polar surface area (TPSA) is 59.2 Å². The van der Waals surface area contributed by atoms with Crippen molar-refractivity contribution in [3.05, 3.63) is 23.5 Å². The molecule has 0 unspecified atom stereocenters. The summed E-state index contributed by atoms with van der Waals surface area (Å²) in [5, 5.41) is 0. The first-order valence-corrected chi connectivity index (χ1v) is 3.98. The van der Waals surface area contributed by atoms with Crippen LogP contribution < -0.4 is 0 Å². The zero-order valence-electron chi connectivity index (χ0n) is 7.53. The van der Waals surface area contributed by atoms with Crippen molar-refractivity contribution < 1.29 is 14.3 Å². The second-order valence-electron chi connectivity index (χ2n) is 2.90. The van der Waals surface area contributed by atoms with Crippen molar-refractivity contribution in [2.45, 2.75) is 20.0 Å². The highest BCUT2D eigenvalue weighted by atomic mass is 16.5. The highest BCUT2D eigenvalue weighted by Crippen LogP contribution is 2.03. The molecule has 1 aromatic rings. The van der Waals surface area contributed by atoms with Gasteiger partial charge in [0, 0.05) is 0 Å². The minimum Gasteiger partial charge on any atom is -0.458 e. The van der Waals surface area contributed by atoms with E-state index >= 15 is 0 Å². The Morgan fingerprint density at radius 2 is 2.23 bits per heavy atom. The summed E-state index contributed by atoms with van der Waals surface area (Å²) in [6.45, 7) is 3.53. The molecule has 0 aromatic carbocycles. The molecule has 1 N–H and O–H groups in total. The summed E-state index contributed by atoms with van der Waals surface area (Å²) in [6.07, 6.45) is 0.488. The summed E-state index contributed by atoms with van der Waals surface area (Å²) in [6, 6.07) is 3.05. The molecule has 70 valence electrons. The number of aromatic nitrogens is 1. The lowest BCUT2D eigenvalue weighted by Crippen LogP contribution is -2.11. The van der Waals surface area contributed by atoms with E-state index < -0.39 is 5.97 Å². The molecule has 0 saturated carbocycles. The lowest BCUT2D eigenvalue weighted by Gasteiger charge is -2.05. The molecule has 13 heavy (non-hydrogen) atoms. The van der Waals surface area contributed by atoms with E-state index in [0.717, 1.165) is 0 Å². The first kappa shape index (κ1) is 9.51. The molecule has 1 rings (SSSR count). The van der Waals surface area contributed by atoms with Gasteiger partial charge in [0.05, 0.1) is 11.8 Å². The molecule has 4 heteroatoms. The third-order valence-electron chi connectivity index (χ3n) is 1.40. The number of nitrogens with one attached hydrogen (secondary N) is 1. The van der Waals surface area contributed by atoms with Crippen molar-refractivity contribution >= 4 is 12.3 Å². The minimum atomic E-state index is -0.442. The third kappa shape index (κ3) is 2.43. The summed E-state index contributed by atoms with van der Waals surface area (Å²) in [4.78, 5) is 24.1. The van der Waals surface area contributed by atoms with Crippen molar-refractivity contribution in [1.29, 1.82) is 0 Å². The molecular weight excluding hydrogens is 170 g/mol. The molecule has 1 heterocycles. The second kappa shape index (κ2) is 3.89. The van der Waals surface area contributed by atoms with E-state index in [1.54, 1.807) is 13.8 Å². The highest BCUT2D eigenvalue weighted by molar-refractivity contribution is 5.89. The number of ether oxygens (including phenoxy) is 1. The van der Waals surface area contributed by atoms with E-state index in [-0.39, 0.29) is 6.10 Å². The van der Waals surface area contributed by atoms with Crippen LogP contribution in [0.25, 0.3) is 0 Å². The van der Waals surface area contributed by atoms with Crippen LogP contribution in [0.3, 0.4) is 0 Å². The number of carbonyl (C=O) groups excluding carboxylic acids is 2. The largest absolute Gasteiger partial charge is 0.458 e. The maximum absolute atomic E-state index is 11.2. The molecule has 0 spiro atoms. The lowest BCUT2D eigenvalue weighted by atomic mass is 10.4. The number of carbonyl (C=O) groups is 2. The normalized spacial score (nSPS) is 10.1. The summed E-state index contributed by atoms with van der Waals surface area (Å²) in [7, 11) is 0. The van der Waals surface area contributed by atoms with Crippen LogP contribution in [0.4, 0.5) is 0 Å². The first-order valence-electron chi connectivity index (χ1n) is 3.98. The van der Waals surface area contributed by atoms with Crippen LogP contribution in [-0.2, 0) is 4.74 Å². The molecule has 0 saturated heterocycles. The van der Waals surface area contributed by atoms with Crippen molar-refractivity contribution in [3.63, 3.8) is 0 Å². The number of hydrogen-bond acceptors (Lipinski definition) is 3. The van der Waals surface area contributed by atoms with Crippen LogP contribution in [0.1, 0.15) is 34.8 Å². The zero-order valence-corrected chi connectivity index (χ0v) is 7.53. The van der Waals surface area contributed by atoms with Gasteiger partial charge in [-0.05, 0) is 26.0 Å². The van der Waals surface area contributed by atoms with Gasteiger partial charge in [0.25, 0.3) is 0 Å². The van der Waals surface area contributed by atoms with Crippen LogP contribution in [0.15, 0.2) is 12.1 Å². The van der Waals surface area contributed by atoms with E-state index in [0.29, 0.717) is 17.7 Å². The van der Waals surface area contributed by atoms with Crippen molar-refractivity contribution in [3.8, 4) is 0 Å². The van der Waals surface area contributed by atoms with E-state index in [9.17, 15) is 9.59 Å². The second-order valence-corrected chi connectivity index (χ2v) is 2.90. The lowest BCUT2D eigenvalue weighted by molar-refractivity contribution is 0.0371. The molecule has 0 aliphatic carbocycles. The SMILES string of the molecule is CC(C)OC(=O)c1ccc(C=O)[nH]1. The third-order valence-corrected chi connectivity index (χ3v) is 1.40. The summed E-state index contributed by atoms with van der Waals surface area (Å²) >= 11 is 0. The van der Waals surface area contributed by atoms with E-state index in [2.05, 4.69) is 4.98 Å². The Morgan fingerprint density at radius 3 is 2.69 bits per heavy atom. The van der Waals surface area contributed by atoms with Crippen molar-refractivity contribution in [2.24, 2.45) is 0 Å². The summed E-state index contributed by atoms with van der Waals surface area (Å²) < 4.78 is 4.91. The van der Waals surface area contributed by atoms with Crippen LogP contribution in [0.5, 0.6) is 0 Å². The molecule has 0 fully saturated rings. The van der Waals surface area contributed by atoms with Gasteiger partial charge in [-0.2, -0.15) is 0 Å².